The Kier molecular flexibility index (Phi) is 3.73. The van der Waals surface area contributed by atoms with Crippen LogP contribution in [0.25, 0.3) is 11.0 Å². The van der Waals surface area contributed by atoms with E-state index in [1.165, 1.54) is 12.5 Å². The molecule has 0 unspecified atom stereocenters. The van der Waals surface area contributed by atoms with E-state index in [1.54, 1.807) is 18.2 Å². The predicted molar refractivity (Wildman–Crippen MR) is 85.8 cm³/mol. The van der Waals surface area contributed by atoms with Gasteiger partial charge in [0.1, 0.15) is 11.3 Å². The first-order valence-corrected chi connectivity index (χ1v) is 7.25. The lowest BCUT2D eigenvalue weighted by atomic mass is 10.1. The molecular formula is C17H16N2O4. The monoisotopic (exact) mass is 312 g/mol. The fourth-order valence-corrected chi connectivity index (χ4v) is 2.43. The molecule has 23 heavy (non-hydrogen) atoms. The van der Waals surface area contributed by atoms with Gasteiger partial charge in [-0.1, -0.05) is 13.8 Å². The summed E-state index contributed by atoms with van der Waals surface area (Å²) >= 11 is 0. The first-order chi connectivity index (χ1) is 11.0. The molecular weight excluding hydrogens is 296 g/mol. The molecule has 0 aliphatic heterocycles. The number of amides is 1. The summed E-state index contributed by atoms with van der Waals surface area (Å²) in [5, 5.41) is 3.57. The summed E-state index contributed by atoms with van der Waals surface area (Å²) in [7, 11) is 0. The van der Waals surface area contributed by atoms with Crippen LogP contribution in [0.3, 0.4) is 0 Å². The maximum absolute atomic E-state index is 12.3. The Labute approximate surface area is 132 Å². The Morgan fingerprint density at radius 1 is 1.26 bits per heavy atom. The van der Waals surface area contributed by atoms with E-state index in [0.717, 1.165) is 10.9 Å². The average molecular weight is 312 g/mol. The second-order valence-corrected chi connectivity index (χ2v) is 5.63. The van der Waals surface area contributed by atoms with E-state index in [0.29, 0.717) is 17.0 Å². The number of benzene rings is 1. The quantitative estimate of drug-likeness (QED) is 0.748. The SMILES string of the molecule is Cc1cc(=O)oc2cc(NC(=O)c3ncoc3C(C)C)ccc12. The normalized spacial score (nSPS) is 11.1. The van der Waals surface area contributed by atoms with Gasteiger partial charge in [-0.05, 0) is 24.6 Å². The lowest BCUT2D eigenvalue weighted by Gasteiger charge is -2.07. The van der Waals surface area contributed by atoms with Crippen molar-refractivity contribution in [2.75, 3.05) is 5.32 Å². The summed E-state index contributed by atoms with van der Waals surface area (Å²) in [5.74, 6) is 0.220. The van der Waals surface area contributed by atoms with Gasteiger partial charge in [0.2, 0.25) is 0 Å². The molecule has 3 rings (SSSR count). The third-order valence-electron chi connectivity index (χ3n) is 3.54. The first-order valence-electron chi connectivity index (χ1n) is 7.25. The van der Waals surface area contributed by atoms with Gasteiger partial charge >= 0.3 is 5.63 Å². The third-order valence-corrected chi connectivity index (χ3v) is 3.54. The zero-order chi connectivity index (χ0) is 16.6. The van der Waals surface area contributed by atoms with Crippen molar-refractivity contribution in [3.05, 3.63) is 58.1 Å². The molecule has 0 saturated carbocycles. The second-order valence-electron chi connectivity index (χ2n) is 5.63. The van der Waals surface area contributed by atoms with Crippen LogP contribution < -0.4 is 10.9 Å². The molecule has 1 amide bonds. The van der Waals surface area contributed by atoms with Gasteiger partial charge in [-0.15, -0.1) is 0 Å². The Morgan fingerprint density at radius 3 is 2.78 bits per heavy atom. The van der Waals surface area contributed by atoms with E-state index in [-0.39, 0.29) is 17.5 Å². The van der Waals surface area contributed by atoms with E-state index in [4.69, 9.17) is 8.83 Å². The molecule has 0 saturated heterocycles. The molecule has 2 heterocycles. The van der Waals surface area contributed by atoms with Gasteiger partial charge in [0.25, 0.3) is 5.91 Å². The van der Waals surface area contributed by atoms with Gasteiger partial charge in [0, 0.05) is 29.1 Å². The van der Waals surface area contributed by atoms with Gasteiger partial charge in [0.15, 0.2) is 12.1 Å². The first kappa shape index (κ1) is 15.0. The number of carbonyl (C=O) groups excluding carboxylic acids is 1. The van der Waals surface area contributed by atoms with E-state index >= 15 is 0 Å². The highest BCUT2D eigenvalue weighted by Crippen LogP contribution is 2.23. The molecule has 1 N–H and O–H groups in total. The lowest BCUT2D eigenvalue weighted by Crippen LogP contribution is -2.14. The van der Waals surface area contributed by atoms with Crippen LogP contribution in [0.2, 0.25) is 0 Å². The number of nitrogens with one attached hydrogen (secondary N) is 1. The number of oxazole rings is 1. The van der Waals surface area contributed by atoms with Crippen LogP contribution in [-0.4, -0.2) is 10.9 Å². The number of carbonyl (C=O) groups is 1. The molecule has 0 aliphatic rings. The molecule has 0 fully saturated rings. The van der Waals surface area contributed by atoms with E-state index in [2.05, 4.69) is 10.3 Å². The molecule has 0 atom stereocenters. The number of aryl methyl sites for hydroxylation is 1. The van der Waals surface area contributed by atoms with Crippen LogP contribution in [0.5, 0.6) is 0 Å². The van der Waals surface area contributed by atoms with Crippen molar-refractivity contribution in [1.29, 1.82) is 0 Å². The minimum absolute atomic E-state index is 0.0514. The zero-order valence-electron chi connectivity index (χ0n) is 13.0. The number of fused-ring (bicyclic) bond motifs is 1. The van der Waals surface area contributed by atoms with Gasteiger partial charge < -0.3 is 14.2 Å². The van der Waals surface area contributed by atoms with Crippen LogP contribution in [0, 0.1) is 6.92 Å². The Morgan fingerprint density at radius 2 is 2.04 bits per heavy atom. The van der Waals surface area contributed by atoms with Crippen LogP contribution in [-0.2, 0) is 0 Å². The summed E-state index contributed by atoms with van der Waals surface area (Å²) in [5.41, 5.74) is 1.61. The number of nitrogens with zero attached hydrogens (tertiary/aromatic N) is 1. The highest BCUT2D eigenvalue weighted by atomic mass is 16.4. The lowest BCUT2D eigenvalue weighted by molar-refractivity contribution is 0.102. The second kappa shape index (κ2) is 5.72. The van der Waals surface area contributed by atoms with Gasteiger partial charge in [-0.25, -0.2) is 9.78 Å². The number of hydrogen-bond donors (Lipinski definition) is 1. The third kappa shape index (κ3) is 2.88. The zero-order valence-corrected chi connectivity index (χ0v) is 13.0. The van der Waals surface area contributed by atoms with Crippen LogP contribution in [0.4, 0.5) is 5.69 Å². The molecule has 0 bridgehead atoms. The minimum Gasteiger partial charge on any atom is -0.447 e. The van der Waals surface area contributed by atoms with Crippen LogP contribution in [0.1, 0.15) is 41.6 Å². The molecule has 118 valence electrons. The Hall–Kier alpha value is -2.89. The topological polar surface area (TPSA) is 85.3 Å². The molecule has 0 aliphatic carbocycles. The molecule has 6 nitrogen and oxygen atoms in total. The van der Waals surface area contributed by atoms with Crippen molar-refractivity contribution in [3.63, 3.8) is 0 Å². The molecule has 2 aromatic heterocycles. The highest BCUT2D eigenvalue weighted by Gasteiger charge is 2.19. The molecule has 1 aromatic carbocycles. The number of rotatable bonds is 3. The van der Waals surface area contributed by atoms with Gasteiger partial charge in [-0.3, -0.25) is 4.79 Å². The summed E-state index contributed by atoms with van der Waals surface area (Å²) in [6, 6.07) is 6.61. The number of aromatic nitrogens is 1. The summed E-state index contributed by atoms with van der Waals surface area (Å²) in [6.45, 7) is 5.68. The molecule has 0 radical (unpaired) electrons. The Bertz CT molecular complexity index is 937. The minimum atomic E-state index is -0.419. The van der Waals surface area contributed by atoms with E-state index in [9.17, 15) is 9.59 Å². The largest absolute Gasteiger partial charge is 0.447 e. The molecule has 3 aromatic rings. The highest BCUT2D eigenvalue weighted by molar-refractivity contribution is 6.04. The van der Waals surface area contributed by atoms with Crippen molar-refractivity contribution < 1.29 is 13.6 Å². The maximum atomic E-state index is 12.3. The van der Waals surface area contributed by atoms with Crippen molar-refractivity contribution in [2.24, 2.45) is 0 Å². The summed E-state index contributed by atoms with van der Waals surface area (Å²) in [4.78, 5) is 27.8. The van der Waals surface area contributed by atoms with Gasteiger partial charge in [-0.2, -0.15) is 0 Å². The van der Waals surface area contributed by atoms with Crippen molar-refractivity contribution in [3.8, 4) is 0 Å². The smallest absolute Gasteiger partial charge is 0.336 e. The number of anilines is 1. The van der Waals surface area contributed by atoms with Crippen LogP contribution >= 0.6 is 0 Å². The predicted octanol–water partition coefficient (Wildman–Crippen LogP) is 3.47. The fourth-order valence-electron chi connectivity index (χ4n) is 2.43. The van der Waals surface area contributed by atoms with Crippen molar-refractivity contribution in [1.82, 2.24) is 4.98 Å². The summed E-state index contributed by atoms with van der Waals surface area (Å²) < 4.78 is 10.4. The van der Waals surface area contributed by atoms with Crippen LogP contribution in [0.15, 0.2) is 44.3 Å². The number of hydrogen-bond acceptors (Lipinski definition) is 5. The summed E-state index contributed by atoms with van der Waals surface area (Å²) in [6.07, 6.45) is 1.26. The Balaban J connectivity index is 1.94. The standard InChI is InChI=1S/C17H16N2O4/c1-9(2)16-15(18-8-22-16)17(21)19-11-4-5-12-10(3)6-14(20)23-13(12)7-11/h4-9H,1-3H3,(H,19,21). The average Bonchev–Trinajstić information content (AvgIpc) is 2.96. The maximum Gasteiger partial charge on any atom is 0.336 e. The van der Waals surface area contributed by atoms with Crippen molar-refractivity contribution in [2.45, 2.75) is 26.7 Å². The molecule has 6 heteroatoms. The molecule has 0 spiro atoms. The van der Waals surface area contributed by atoms with E-state index < -0.39 is 5.63 Å². The van der Waals surface area contributed by atoms with Gasteiger partial charge in [0.05, 0.1) is 0 Å². The fraction of sp³-hybridized carbons (Fsp3) is 0.235. The van der Waals surface area contributed by atoms with E-state index in [1.807, 2.05) is 20.8 Å². The van der Waals surface area contributed by atoms with Crippen molar-refractivity contribution >= 4 is 22.6 Å².